The standard InChI is InChI=1S/C21H23N3OS/c1-14(2)16-9-11-18(12-10-16)24-21(25)22-13-19-15(3)23-20(26-19)17-7-5-4-6-8-17/h4-12,14H,13H2,1-3H3,(H2,22,24,25). The molecule has 4 nitrogen and oxygen atoms in total. The van der Waals surface area contributed by atoms with Gasteiger partial charge in [-0.3, -0.25) is 0 Å². The number of hydrogen-bond donors (Lipinski definition) is 2. The van der Waals surface area contributed by atoms with Crippen molar-refractivity contribution in [2.24, 2.45) is 0 Å². The number of anilines is 1. The fraction of sp³-hybridized carbons (Fsp3) is 0.238. The molecular weight excluding hydrogens is 342 g/mol. The van der Waals surface area contributed by atoms with Gasteiger partial charge in [-0.15, -0.1) is 11.3 Å². The number of nitrogens with zero attached hydrogens (tertiary/aromatic N) is 1. The lowest BCUT2D eigenvalue weighted by molar-refractivity contribution is 0.252. The van der Waals surface area contributed by atoms with Crippen molar-refractivity contribution in [3.8, 4) is 10.6 Å². The van der Waals surface area contributed by atoms with Crippen LogP contribution < -0.4 is 10.6 Å². The first kappa shape index (κ1) is 18.1. The van der Waals surface area contributed by atoms with E-state index in [1.54, 1.807) is 11.3 Å². The molecular formula is C21H23N3OS. The van der Waals surface area contributed by atoms with E-state index in [4.69, 9.17) is 0 Å². The topological polar surface area (TPSA) is 54.0 Å². The minimum atomic E-state index is -0.212. The van der Waals surface area contributed by atoms with Crippen LogP contribution in [0.5, 0.6) is 0 Å². The number of urea groups is 1. The molecule has 1 heterocycles. The molecule has 5 heteroatoms. The molecule has 0 aliphatic carbocycles. The number of benzene rings is 2. The van der Waals surface area contributed by atoms with Crippen molar-refractivity contribution in [2.45, 2.75) is 33.2 Å². The predicted molar refractivity (Wildman–Crippen MR) is 109 cm³/mol. The smallest absolute Gasteiger partial charge is 0.319 e. The highest BCUT2D eigenvalue weighted by Gasteiger charge is 2.10. The number of hydrogen-bond acceptors (Lipinski definition) is 3. The first-order chi connectivity index (χ1) is 12.5. The molecule has 3 aromatic rings. The zero-order valence-corrected chi connectivity index (χ0v) is 16.1. The predicted octanol–water partition coefficient (Wildman–Crippen LogP) is 5.56. The number of carbonyl (C=O) groups excluding carboxylic acids is 1. The van der Waals surface area contributed by atoms with Crippen LogP contribution in [0.1, 0.15) is 35.9 Å². The molecule has 0 radical (unpaired) electrons. The van der Waals surface area contributed by atoms with Gasteiger partial charge in [0.25, 0.3) is 0 Å². The van der Waals surface area contributed by atoms with Crippen LogP contribution in [0.3, 0.4) is 0 Å². The zero-order valence-electron chi connectivity index (χ0n) is 15.2. The molecule has 0 saturated heterocycles. The lowest BCUT2D eigenvalue weighted by Gasteiger charge is -2.09. The van der Waals surface area contributed by atoms with Gasteiger partial charge < -0.3 is 10.6 Å². The van der Waals surface area contributed by atoms with Gasteiger partial charge in [0, 0.05) is 16.1 Å². The Morgan fingerprint density at radius 1 is 1.08 bits per heavy atom. The Bertz CT molecular complexity index is 870. The third-order valence-corrected chi connectivity index (χ3v) is 5.36. The van der Waals surface area contributed by atoms with E-state index < -0.39 is 0 Å². The van der Waals surface area contributed by atoms with E-state index in [2.05, 4.69) is 29.5 Å². The van der Waals surface area contributed by atoms with Crippen LogP contribution in [0.25, 0.3) is 10.6 Å². The van der Waals surface area contributed by atoms with Crippen LogP contribution >= 0.6 is 11.3 Å². The van der Waals surface area contributed by atoms with Crippen molar-refractivity contribution < 1.29 is 4.79 Å². The summed E-state index contributed by atoms with van der Waals surface area (Å²) in [5, 5.41) is 6.76. The van der Waals surface area contributed by atoms with Crippen molar-refractivity contribution in [2.75, 3.05) is 5.32 Å². The molecule has 0 bridgehead atoms. The highest BCUT2D eigenvalue weighted by molar-refractivity contribution is 7.15. The molecule has 3 rings (SSSR count). The number of carbonyl (C=O) groups is 1. The molecule has 26 heavy (non-hydrogen) atoms. The molecule has 0 atom stereocenters. The summed E-state index contributed by atoms with van der Waals surface area (Å²) in [4.78, 5) is 17.8. The highest BCUT2D eigenvalue weighted by atomic mass is 32.1. The SMILES string of the molecule is Cc1nc(-c2ccccc2)sc1CNC(=O)Nc1ccc(C(C)C)cc1. The molecule has 0 spiro atoms. The van der Waals surface area contributed by atoms with Crippen molar-refractivity contribution >= 4 is 23.1 Å². The van der Waals surface area contributed by atoms with E-state index >= 15 is 0 Å². The second-order valence-corrected chi connectivity index (χ2v) is 7.56. The van der Waals surface area contributed by atoms with Gasteiger partial charge in [-0.05, 0) is 30.5 Å². The highest BCUT2D eigenvalue weighted by Crippen LogP contribution is 2.27. The molecule has 0 aliphatic heterocycles. The van der Waals surface area contributed by atoms with Gasteiger partial charge in [0.15, 0.2) is 0 Å². The van der Waals surface area contributed by atoms with Crippen molar-refractivity contribution in [1.29, 1.82) is 0 Å². The third-order valence-electron chi connectivity index (χ3n) is 4.16. The number of amides is 2. The molecule has 2 N–H and O–H groups in total. The van der Waals surface area contributed by atoms with Crippen molar-refractivity contribution in [3.63, 3.8) is 0 Å². The van der Waals surface area contributed by atoms with E-state index in [9.17, 15) is 4.79 Å². The number of aryl methyl sites for hydroxylation is 1. The Hall–Kier alpha value is -2.66. The molecule has 2 amide bonds. The number of nitrogens with one attached hydrogen (secondary N) is 2. The number of aromatic nitrogens is 1. The molecule has 1 aromatic heterocycles. The van der Waals surface area contributed by atoms with Gasteiger partial charge in [-0.1, -0.05) is 56.3 Å². The molecule has 0 unspecified atom stereocenters. The van der Waals surface area contributed by atoms with Crippen molar-refractivity contribution in [1.82, 2.24) is 10.3 Å². The second kappa shape index (κ2) is 8.15. The Morgan fingerprint density at radius 2 is 1.77 bits per heavy atom. The molecule has 0 fully saturated rings. The number of thiazole rings is 1. The quantitative estimate of drug-likeness (QED) is 0.621. The summed E-state index contributed by atoms with van der Waals surface area (Å²) in [5.74, 6) is 0.478. The maximum atomic E-state index is 12.2. The van der Waals surface area contributed by atoms with Crippen LogP contribution in [0, 0.1) is 6.92 Å². The van der Waals surface area contributed by atoms with Gasteiger partial charge in [0.2, 0.25) is 0 Å². The average molecular weight is 366 g/mol. The lowest BCUT2D eigenvalue weighted by atomic mass is 10.0. The van der Waals surface area contributed by atoms with E-state index in [0.29, 0.717) is 12.5 Å². The maximum Gasteiger partial charge on any atom is 0.319 e. The molecule has 0 saturated carbocycles. The largest absolute Gasteiger partial charge is 0.333 e. The van der Waals surface area contributed by atoms with Gasteiger partial charge in [0.1, 0.15) is 5.01 Å². The fourth-order valence-corrected chi connectivity index (χ4v) is 3.59. The van der Waals surface area contributed by atoms with Crippen LogP contribution in [0.2, 0.25) is 0 Å². The second-order valence-electron chi connectivity index (χ2n) is 6.48. The average Bonchev–Trinajstić information content (AvgIpc) is 3.02. The third kappa shape index (κ3) is 4.49. The molecule has 2 aromatic carbocycles. The lowest BCUT2D eigenvalue weighted by Crippen LogP contribution is -2.28. The first-order valence-corrected chi connectivity index (χ1v) is 9.51. The summed E-state index contributed by atoms with van der Waals surface area (Å²) in [6.07, 6.45) is 0. The number of rotatable bonds is 5. The molecule has 0 aliphatic rings. The van der Waals surface area contributed by atoms with Gasteiger partial charge in [-0.25, -0.2) is 9.78 Å². The normalized spacial score (nSPS) is 10.8. The Kier molecular flexibility index (Phi) is 5.68. The first-order valence-electron chi connectivity index (χ1n) is 8.69. The van der Waals surface area contributed by atoms with E-state index in [-0.39, 0.29) is 6.03 Å². The van der Waals surface area contributed by atoms with Gasteiger partial charge >= 0.3 is 6.03 Å². The van der Waals surface area contributed by atoms with Crippen molar-refractivity contribution in [3.05, 3.63) is 70.7 Å². The minimum absolute atomic E-state index is 0.212. The van der Waals surface area contributed by atoms with E-state index in [1.165, 1.54) is 5.56 Å². The van der Waals surface area contributed by atoms with E-state index in [0.717, 1.165) is 26.8 Å². The molecule has 134 valence electrons. The summed E-state index contributed by atoms with van der Waals surface area (Å²) in [6.45, 7) is 6.74. The summed E-state index contributed by atoms with van der Waals surface area (Å²) in [5.41, 5.74) is 4.10. The van der Waals surface area contributed by atoms with Crippen LogP contribution in [0.15, 0.2) is 54.6 Å². The summed E-state index contributed by atoms with van der Waals surface area (Å²) >= 11 is 1.61. The van der Waals surface area contributed by atoms with Crippen LogP contribution in [0.4, 0.5) is 10.5 Å². The van der Waals surface area contributed by atoms with Gasteiger partial charge in [-0.2, -0.15) is 0 Å². The minimum Gasteiger partial charge on any atom is -0.333 e. The maximum absolute atomic E-state index is 12.2. The zero-order chi connectivity index (χ0) is 18.5. The summed E-state index contributed by atoms with van der Waals surface area (Å²) in [6, 6.07) is 17.8. The Morgan fingerprint density at radius 3 is 2.42 bits per heavy atom. The Balaban J connectivity index is 1.58. The van der Waals surface area contributed by atoms with E-state index in [1.807, 2.05) is 61.5 Å². The van der Waals surface area contributed by atoms with Crippen LogP contribution in [-0.4, -0.2) is 11.0 Å². The van der Waals surface area contributed by atoms with Gasteiger partial charge in [0.05, 0.1) is 12.2 Å². The Labute approximate surface area is 158 Å². The fourth-order valence-electron chi connectivity index (χ4n) is 2.58. The van der Waals surface area contributed by atoms with Crippen LogP contribution in [-0.2, 0) is 6.54 Å². The summed E-state index contributed by atoms with van der Waals surface area (Å²) < 4.78 is 0. The monoisotopic (exact) mass is 365 g/mol. The summed E-state index contributed by atoms with van der Waals surface area (Å²) in [7, 11) is 0.